The second kappa shape index (κ2) is 5.15. The summed E-state index contributed by atoms with van der Waals surface area (Å²) in [5, 5.41) is 19.8. The average molecular weight is 226 g/mol. The molecule has 0 fully saturated rings. The molecule has 4 N–H and O–H groups in total. The molecule has 0 saturated heterocycles. The van der Waals surface area contributed by atoms with Gasteiger partial charge < -0.3 is 15.7 Å². The molecule has 1 aromatic rings. The maximum atomic E-state index is 11.4. The summed E-state index contributed by atoms with van der Waals surface area (Å²) in [5.41, 5.74) is 0.477. The van der Waals surface area contributed by atoms with Gasteiger partial charge in [-0.15, -0.1) is 0 Å². The van der Waals surface area contributed by atoms with Crippen molar-refractivity contribution in [2.45, 2.75) is 19.9 Å². The minimum Gasteiger partial charge on any atom is -0.480 e. The number of aromatic amines is 1. The highest BCUT2D eigenvalue weighted by molar-refractivity contribution is 5.92. The van der Waals surface area contributed by atoms with E-state index in [1.165, 1.54) is 12.4 Å². The van der Waals surface area contributed by atoms with Crippen LogP contribution in [0.5, 0.6) is 0 Å². The van der Waals surface area contributed by atoms with E-state index >= 15 is 0 Å². The summed E-state index contributed by atoms with van der Waals surface area (Å²) in [6.07, 6.45) is 2.91. The molecule has 0 saturated carbocycles. The molecule has 0 unspecified atom stereocenters. The van der Waals surface area contributed by atoms with E-state index in [2.05, 4.69) is 20.8 Å². The van der Waals surface area contributed by atoms with Gasteiger partial charge in [-0.2, -0.15) is 5.10 Å². The Morgan fingerprint density at radius 1 is 1.50 bits per heavy atom. The van der Waals surface area contributed by atoms with Crippen molar-refractivity contribution in [1.82, 2.24) is 15.5 Å². The van der Waals surface area contributed by atoms with Crippen molar-refractivity contribution >= 4 is 17.7 Å². The van der Waals surface area contributed by atoms with Crippen molar-refractivity contribution in [3.8, 4) is 0 Å². The van der Waals surface area contributed by atoms with E-state index in [9.17, 15) is 9.59 Å². The minimum atomic E-state index is -1.06. The molecule has 1 aromatic heterocycles. The number of anilines is 1. The minimum absolute atomic E-state index is 0.187. The molecule has 0 aromatic carbocycles. The first-order chi connectivity index (χ1) is 7.50. The van der Waals surface area contributed by atoms with Gasteiger partial charge in [0, 0.05) is 6.20 Å². The zero-order valence-corrected chi connectivity index (χ0v) is 9.02. The quantitative estimate of drug-likeness (QED) is 0.604. The first-order valence-electron chi connectivity index (χ1n) is 4.80. The number of nitrogens with one attached hydrogen (secondary N) is 3. The Balaban J connectivity index is 2.52. The van der Waals surface area contributed by atoms with Crippen molar-refractivity contribution in [1.29, 1.82) is 0 Å². The second-order valence-corrected chi connectivity index (χ2v) is 3.65. The Kier molecular flexibility index (Phi) is 3.87. The van der Waals surface area contributed by atoms with Gasteiger partial charge in [-0.1, -0.05) is 13.8 Å². The summed E-state index contributed by atoms with van der Waals surface area (Å²) in [6.45, 7) is 3.44. The summed E-state index contributed by atoms with van der Waals surface area (Å²) in [5.74, 6) is -1.25. The Bertz CT molecular complexity index is 361. The van der Waals surface area contributed by atoms with Gasteiger partial charge >= 0.3 is 12.0 Å². The van der Waals surface area contributed by atoms with Crippen molar-refractivity contribution in [3.63, 3.8) is 0 Å². The van der Waals surface area contributed by atoms with Crippen LogP contribution in [-0.2, 0) is 4.79 Å². The number of carbonyl (C=O) groups excluding carboxylic acids is 1. The van der Waals surface area contributed by atoms with Crippen molar-refractivity contribution < 1.29 is 14.7 Å². The van der Waals surface area contributed by atoms with Crippen molar-refractivity contribution in [2.24, 2.45) is 5.92 Å². The number of urea groups is 1. The molecule has 0 radical (unpaired) electrons. The molecule has 0 aliphatic carbocycles. The largest absolute Gasteiger partial charge is 0.480 e. The molecule has 1 rings (SSSR count). The molecular formula is C9H14N4O3. The fourth-order valence-corrected chi connectivity index (χ4v) is 1.14. The molecule has 1 heterocycles. The standard InChI is InChI=1S/C9H14N4O3/c1-5(2)7(8(14)15)13-9(16)12-6-3-10-11-4-6/h3-5,7H,1-2H3,(H,10,11)(H,14,15)(H2,12,13,16)/t7-/m1/s1. The van der Waals surface area contributed by atoms with E-state index in [4.69, 9.17) is 5.11 Å². The van der Waals surface area contributed by atoms with Gasteiger partial charge in [0.1, 0.15) is 6.04 Å². The number of aromatic nitrogens is 2. The monoisotopic (exact) mass is 226 g/mol. The number of carboxylic acid groups (broad SMARTS) is 1. The van der Waals surface area contributed by atoms with E-state index in [1.807, 2.05) is 0 Å². The number of hydrogen-bond donors (Lipinski definition) is 4. The van der Waals surface area contributed by atoms with Gasteiger partial charge in [0.15, 0.2) is 0 Å². The lowest BCUT2D eigenvalue weighted by atomic mass is 10.1. The summed E-state index contributed by atoms with van der Waals surface area (Å²) < 4.78 is 0. The molecule has 0 aliphatic heterocycles. The van der Waals surface area contributed by atoms with Gasteiger partial charge in [0.05, 0.1) is 11.9 Å². The van der Waals surface area contributed by atoms with E-state index < -0.39 is 18.0 Å². The number of nitrogens with zero attached hydrogens (tertiary/aromatic N) is 1. The molecule has 16 heavy (non-hydrogen) atoms. The lowest BCUT2D eigenvalue weighted by Gasteiger charge is -2.17. The molecule has 88 valence electrons. The summed E-state index contributed by atoms with van der Waals surface area (Å²) >= 11 is 0. The normalized spacial score (nSPS) is 12.2. The molecular weight excluding hydrogens is 212 g/mol. The van der Waals surface area contributed by atoms with Crippen LogP contribution in [0, 0.1) is 5.92 Å². The molecule has 7 heteroatoms. The van der Waals surface area contributed by atoms with Crippen molar-refractivity contribution in [2.75, 3.05) is 5.32 Å². The predicted molar refractivity (Wildman–Crippen MR) is 57.0 cm³/mol. The average Bonchev–Trinajstić information content (AvgIpc) is 2.65. The third-order valence-electron chi connectivity index (χ3n) is 1.98. The topological polar surface area (TPSA) is 107 Å². The van der Waals surface area contributed by atoms with Crippen LogP contribution in [0.4, 0.5) is 10.5 Å². The number of carbonyl (C=O) groups is 2. The smallest absolute Gasteiger partial charge is 0.326 e. The maximum absolute atomic E-state index is 11.4. The lowest BCUT2D eigenvalue weighted by Crippen LogP contribution is -2.46. The second-order valence-electron chi connectivity index (χ2n) is 3.65. The highest BCUT2D eigenvalue weighted by Crippen LogP contribution is 2.04. The maximum Gasteiger partial charge on any atom is 0.326 e. The predicted octanol–water partition coefficient (Wildman–Crippen LogP) is 0.640. The number of carboxylic acids is 1. The summed E-state index contributed by atoms with van der Waals surface area (Å²) in [6, 6.07) is -1.48. The zero-order valence-electron chi connectivity index (χ0n) is 9.02. The number of H-pyrrole nitrogens is 1. The Labute approximate surface area is 92.2 Å². The van der Waals surface area contributed by atoms with E-state index in [-0.39, 0.29) is 5.92 Å². The van der Waals surface area contributed by atoms with Gasteiger partial charge in [-0.05, 0) is 5.92 Å². The van der Waals surface area contributed by atoms with Crippen LogP contribution in [0.1, 0.15) is 13.8 Å². The summed E-state index contributed by atoms with van der Waals surface area (Å²) in [4.78, 5) is 22.2. The van der Waals surface area contributed by atoms with Crippen molar-refractivity contribution in [3.05, 3.63) is 12.4 Å². The fourth-order valence-electron chi connectivity index (χ4n) is 1.14. The van der Waals surface area contributed by atoms with E-state index in [0.717, 1.165) is 0 Å². The molecule has 7 nitrogen and oxygen atoms in total. The van der Waals surface area contributed by atoms with Gasteiger partial charge in [0.25, 0.3) is 0 Å². The zero-order chi connectivity index (χ0) is 12.1. The number of amides is 2. The third-order valence-corrected chi connectivity index (χ3v) is 1.98. The van der Waals surface area contributed by atoms with Gasteiger partial charge in [-0.25, -0.2) is 9.59 Å². The Hall–Kier alpha value is -2.05. The molecule has 0 aliphatic rings. The van der Waals surface area contributed by atoms with Crippen LogP contribution in [0.15, 0.2) is 12.4 Å². The first kappa shape index (κ1) is 12.0. The van der Waals surface area contributed by atoms with Crippen LogP contribution in [-0.4, -0.2) is 33.3 Å². The molecule has 0 bridgehead atoms. The van der Waals surface area contributed by atoms with Crippen LogP contribution in [0.25, 0.3) is 0 Å². The van der Waals surface area contributed by atoms with E-state index in [0.29, 0.717) is 5.69 Å². The molecule has 1 atom stereocenters. The molecule has 0 spiro atoms. The number of hydrogen-bond acceptors (Lipinski definition) is 3. The van der Waals surface area contributed by atoms with Crippen LogP contribution in [0.2, 0.25) is 0 Å². The third kappa shape index (κ3) is 3.26. The van der Waals surface area contributed by atoms with Gasteiger partial charge in [0.2, 0.25) is 0 Å². The van der Waals surface area contributed by atoms with Crippen LogP contribution >= 0.6 is 0 Å². The SMILES string of the molecule is CC(C)[C@@H](NC(=O)Nc1cn[nH]c1)C(=O)O. The van der Waals surface area contributed by atoms with Crippen LogP contribution in [0.3, 0.4) is 0 Å². The highest BCUT2D eigenvalue weighted by atomic mass is 16.4. The lowest BCUT2D eigenvalue weighted by molar-refractivity contribution is -0.140. The number of rotatable bonds is 4. The number of aliphatic carboxylic acids is 1. The molecule has 2 amide bonds. The summed E-state index contributed by atoms with van der Waals surface area (Å²) in [7, 11) is 0. The highest BCUT2D eigenvalue weighted by Gasteiger charge is 2.23. The fraction of sp³-hybridized carbons (Fsp3) is 0.444. The first-order valence-corrected chi connectivity index (χ1v) is 4.80. The van der Waals surface area contributed by atoms with Gasteiger partial charge in [-0.3, -0.25) is 5.10 Å². The Morgan fingerprint density at radius 3 is 2.62 bits per heavy atom. The van der Waals surface area contributed by atoms with E-state index in [1.54, 1.807) is 13.8 Å². The van der Waals surface area contributed by atoms with Crippen LogP contribution < -0.4 is 10.6 Å². The Morgan fingerprint density at radius 2 is 2.19 bits per heavy atom.